The Kier molecular flexibility index (Phi) is 5.55. The van der Waals surface area contributed by atoms with Crippen molar-refractivity contribution in [2.24, 2.45) is 5.73 Å². The normalized spacial score (nSPS) is 12.4. The zero-order valence-corrected chi connectivity index (χ0v) is 11.8. The van der Waals surface area contributed by atoms with Crippen molar-refractivity contribution in [1.82, 2.24) is 4.98 Å². The van der Waals surface area contributed by atoms with Crippen LogP contribution in [0.5, 0.6) is 0 Å². The lowest BCUT2D eigenvalue weighted by Crippen LogP contribution is -2.21. The van der Waals surface area contributed by atoms with E-state index in [0.29, 0.717) is 16.9 Å². The quantitative estimate of drug-likeness (QED) is 0.634. The van der Waals surface area contributed by atoms with E-state index < -0.39 is 0 Å². The molecule has 5 nitrogen and oxygen atoms in total. The molecule has 0 aromatic carbocycles. The molecule has 0 aliphatic rings. The van der Waals surface area contributed by atoms with E-state index in [2.05, 4.69) is 4.98 Å². The average molecular weight is 269 g/mol. The van der Waals surface area contributed by atoms with Crippen LogP contribution in [0, 0.1) is 24.0 Å². The number of nitrogens with two attached hydrogens (primary N) is 1. The molecule has 0 saturated carbocycles. The molecule has 1 unspecified atom stereocenters. The van der Waals surface area contributed by atoms with Crippen molar-refractivity contribution in [3.63, 3.8) is 0 Å². The fraction of sp³-hybridized carbons (Fsp3) is 0.583. The van der Waals surface area contributed by atoms with Gasteiger partial charge in [0.05, 0.1) is 10.6 Å². The molecular formula is C12H19N3O2S. The summed E-state index contributed by atoms with van der Waals surface area (Å²) in [5.41, 5.74) is 8.06. The molecule has 0 saturated heterocycles. The molecule has 1 heterocycles. The highest BCUT2D eigenvalue weighted by Crippen LogP contribution is 2.26. The lowest BCUT2D eigenvalue weighted by molar-refractivity contribution is -0.386. The first-order chi connectivity index (χ1) is 8.47. The highest BCUT2D eigenvalue weighted by molar-refractivity contribution is 7.98. The summed E-state index contributed by atoms with van der Waals surface area (Å²) in [4.78, 5) is 14.9. The number of aryl methyl sites for hydroxylation is 1. The summed E-state index contributed by atoms with van der Waals surface area (Å²) in [5.74, 6) is 1.51. The molecule has 0 spiro atoms. The van der Waals surface area contributed by atoms with Crippen LogP contribution in [0.2, 0.25) is 0 Å². The molecule has 0 bridgehead atoms. The van der Waals surface area contributed by atoms with E-state index in [0.717, 1.165) is 17.9 Å². The van der Waals surface area contributed by atoms with E-state index in [1.54, 1.807) is 31.8 Å². The van der Waals surface area contributed by atoms with Crippen molar-refractivity contribution in [1.29, 1.82) is 0 Å². The third-order valence-corrected chi connectivity index (χ3v) is 3.99. The number of nitro groups is 1. The SMILES string of the molecule is CCC(N)CSCc1ncc(C)c([N+](=O)[O-])c1C. The monoisotopic (exact) mass is 269 g/mol. The fourth-order valence-electron chi connectivity index (χ4n) is 1.62. The summed E-state index contributed by atoms with van der Waals surface area (Å²) < 4.78 is 0. The Hall–Kier alpha value is -1.14. The van der Waals surface area contributed by atoms with Crippen LogP contribution >= 0.6 is 11.8 Å². The van der Waals surface area contributed by atoms with Gasteiger partial charge in [-0.05, 0) is 20.3 Å². The van der Waals surface area contributed by atoms with Gasteiger partial charge in [0, 0.05) is 34.9 Å². The molecule has 6 heteroatoms. The number of nitrogens with zero attached hydrogens (tertiary/aromatic N) is 2. The summed E-state index contributed by atoms with van der Waals surface area (Å²) >= 11 is 1.67. The molecule has 0 aliphatic carbocycles. The first kappa shape index (κ1) is 14.9. The number of hydrogen-bond acceptors (Lipinski definition) is 5. The van der Waals surface area contributed by atoms with Crippen LogP contribution in [-0.2, 0) is 5.75 Å². The molecule has 2 N–H and O–H groups in total. The van der Waals surface area contributed by atoms with Gasteiger partial charge >= 0.3 is 0 Å². The van der Waals surface area contributed by atoms with E-state index >= 15 is 0 Å². The second-order valence-electron chi connectivity index (χ2n) is 4.30. The largest absolute Gasteiger partial charge is 0.327 e. The number of hydrogen-bond donors (Lipinski definition) is 1. The predicted molar refractivity (Wildman–Crippen MR) is 74.8 cm³/mol. The maximum Gasteiger partial charge on any atom is 0.278 e. The standard InChI is InChI=1S/C12H19N3O2S/c1-4-10(13)6-18-7-11-9(3)12(15(16)17)8(2)5-14-11/h5,10H,4,6-7,13H2,1-3H3. The maximum atomic E-state index is 11.0. The minimum atomic E-state index is -0.335. The van der Waals surface area contributed by atoms with E-state index in [1.165, 1.54) is 0 Å². The third kappa shape index (κ3) is 3.68. The van der Waals surface area contributed by atoms with Gasteiger partial charge in [-0.1, -0.05) is 6.92 Å². The highest BCUT2D eigenvalue weighted by atomic mass is 32.2. The van der Waals surface area contributed by atoms with E-state index in [4.69, 9.17) is 5.73 Å². The Morgan fingerprint density at radius 1 is 1.56 bits per heavy atom. The number of pyridine rings is 1. The molecule has 1 atom stereocenters. The number of rotatable bonds is 6. The van der Waals surface area contributed by atoms with Crippen LogP contribution in [0.25, 0.3) is 0 Å². The van der Waals surface area contributed by atoms with Crippen molar-refractivity contribution in [3.8, 4) is 0 Å². The third-order valence-electron chi connectivity index (χ3n) is 2.85. The van der Waals surface area contributed by atoms with Crippen LogP contribution in [0.4, 0.5) is 5.69 Å². The molecule has 0 amide bonds. The second-order valence-corrected chi connectivity index (χ2v) is 5.33. The van der Waals surface area contributed by atoms with E-state index in [1.807, 2.05) is 6.92 Å². The smallest absolute Gasteiger partial charge is 0.278 e. The van der Waals surface area contributed by atoms with E-state index in [9.17, 15) is 10.1 Å². The minimum absolute atomic E-state index is 0.177. The van der Waals surface area contributed by atoms with Crippen molar-refractivity contribution in [2.45, 2.75) is 39.0 Å². The van der Waals surface area contributed by atoms with Gasteiger partial charge in [0.2, 0.25) is 0 Å². The van der Waals surface area contributed by atoms with Crippen molar-refractivity contribution in [2.75, 3.05) is 5.75 Å². The van der Waals surface area contributed by atoms with Gasteiger partial charge in [-0.2, -0.15) is 11.8 Å². The summed E-state index contributed by atoms with van der Waals surface area (Å²) in [6, 6.07) is 0.177. The average Bonchev–Trinajstić information content (AvgIpc) is 2.31. The molecule has 0 aliphatic heterocycles. The van der Waals surface area contributed by atoms with Gasteiger partial charge < -0.3 is 5.73 Å². The molecule has 18 heavy (non-hydrogen) atoms. The fourth-order valence-corrected chi connectivity index (χ4v) is 2.76. The Balaban J connectivity index is 2.79. The van der Waals surface area contributed by atoms with Crippen molar-refractivity contribution >= 4 is 17.4 Å². The molecule has 0 fully saturated rings. The Morgan fingerprint density at radius 2 is 2.22 bits per heavy atom. The van der Waals surface area contributed by atoms with Crippen molar-refractivity contribution in [3.05, 3.63) is 33.1 Å². The predicted octanol–water partition coefficient (Wildman–Crippen LogP) is 2.58. The molecule has 0 radical (unpaired) electrons. The lowest BCUT2D eigenvalue weighted by atomic mass is 10.1. The van der Waals surface area contributed by atoms with Gasteiger partial charge in [-0.3, -0.25) is 15.1 Å². The van der Waals surface area contributed by atoms with Gasteiger partial charge in [-0.25, -0.2) is 0 Å². The van der Waals surface area contributed by atoms with Crippen LogP contribution in [-0.4, -0.2) is 21.7 Å². The van der Waals surface area contributed by atoms with Gasteiger partial charge in [0.15, 0.2) is 0 Å². The lowest BCUT2D eigenvalue weighted by Gasteiger charge is -2.10. The van der Waals surface area contributed by atoms with Gasteiger partial charge in [0.1, 0.15) is 0 Å². The Morgan fingerprint density at radius 3 is 2.78 bits per heavy atom. The topological polar surface area (TPSA) is 82.0 Å². The first-order valence-corrected chi connectivity index (χ1v) is 7.05. The van der Waals surface area contributed by atoms with Crippen LogP contribution in [0.1, 0.15) is 30.2 Å². The molecule has 1 rings (SSSR count). The molecule has 1 aromatic rings. The van der Waals surface area contributed by atoms with Crippen molar-refractivity contribution < 1.29 is 4.92 Å². The van der Waals surface area contributed by atoms with Gasteiger partial charge in [0.25, 0.3) is 5.69 Å². The zero-order chi connectivity index (χ0) is 13.7. The minimum Gasteiger partial charge on any atom is -0.327 e. The maximum absolute atomic E-state index is 11.0. The summed E-state index contributed by atoms with van der Waals surface area (Å²) in [6.07, 6.45) is 2.51. The number of aromatic nitrogens is 1. The van der Waals surface area contributed by atoms with Crippen LogP contribution < -0.4 is 5.73 Å². The molecular weight excluding hydrogens is 250 g/mol. The Bertz CT molecular complexity index is 438. The van der Waals surface area contributed by atoms with Gasteiger partial charge in [-0.15, -0.1) is 0 Å². The molecule has 1 aromatic heterocycles. The zero-order valence-electron chi connectivity index (χ0n) is 11.0. The summed E-state index contributed by atoms with van der Waals surface area (Å²) in [5, 5.41) is 11.0. The molecule has 100 valence electrons. The first-order valence-electron chi connectivity index (χ1n) is 5.90. The van der Waals surface area contributed by atoms with Crippen LogP contribution in [0.3, 0.4) is 0 Å². The highest BCUT2D eigenvalue weighted by Gasteiger charge is 2.18. The summed E-state index contributed by atoms with van der Waals surface area (Å²) in [6.45, 7) is 5.52. The summed E-state index contributed by atoms with van der Waals surface area (Å²) in [7, 11) is 0. The Labute approximate surface area is 111 Å². The number of thioether (sulfide) groups is 1. The second kappa shape index (κ2) is 6.70. The van der Waals surface area contributed by atoms with E-state index in [-0.39, 0.29) is 16.7 Å². The van der Waals surface area contributed by atoms with Crippen LogP contribution in [0.15, 0.2) is 6.20 Å².